The minimum absolute atomic E-state index is 0.0518. The topological polar surface area (TPSA) is 139 Å². The number of carboxylic acid groups (broad SMARTS) is 1. The number of urea groups is 1. The number of aromatic nitrogens is 2. The van der Waals surface area contributed by atoms with Crippen LogP contribution in [0.25, 0.3) is 0 Å². The molecule has 5 N–H and O–H groups in total. The number of hydrogen-bond acceptors (Lipinski definition) is 4. The molecule has 20 heavy (non-hydrogen) atoms. The molecule has 0 fully saturated rings. The van der Waals surface area contributed by atoms with Crippen LogP contribution in [0.1, 0.15) is 18.5 Å². The highest BCUT2D eigenvalue weighted by atomic mass is 16.4. The summed E-state index contributed by atoms with van der Waals surface area (Å²) in [6.07, 6.45) is 1.42. The van der Waals surface area contributed by atoms with E-state index in [9.17, 15) is 14.4 Å². The number of nitrogens with one attached hydrogen (secondary N) is 2. The molecule has 9 nitrogen and oxygen atoms in total. The fraction of sp³-hybridized carbons (Fsp3) is 0.455. The third-order valence-corrected chi connectivity index (χ3v) is 2.64. The lowest BCUT2D eigenvalue weighted by Gasteiger charge is -2.14. The van der Waals surface area contributed by atoms with E-state index in [0.29, 0.717) is 0 Å². The van der Waals surface area contributed by atoms with Gasteiger partial charge in [0.1, 0.15) is 6.04 Å². The zero-order valence-electron chi connectivity index (χ0n) is 11.0. The molecule has 0 saturated carbocycles. The molecule has 0 spiro atoms. The lowest BCUT2D eigenvalue weighted by Crippen LogP contribution is -2.46. The van der Waals surface area contributed by atoms with Gasteiger partial charge >= 0.3 is 12.0 Å². The maximum atomic E-state index is 11.6. The Balaban J connectivity index is 2.43. The summed E-state index contributed by atoms with van der Waals surface area (Å²) < 4.78 is 1.59. The number of carbonyl (C=O) groups is 3. The normalized spacial score (nSPS) is 11.7. The van der Waals surface area contributed by atoms with Gasteiger partial charge in [-0.1, -0.05) is 0 Å². The van der Waals surface area contributed by atoms with Crippen LogP contribution in [-0.4, -0.2) is 38.8 Å². The van der Waals surface area contributed by atoms with Crippen molar-refractivity contribution in [2.45, 2.75) is 25.4 Å². The Kier molecular flexibility index (Phi) is 5.51. The van der Waals surface area contributed by atoms with Crippen LogP contribution in [-0.2, 0) is 23.2 Å². The number of nitrogens with zero attached hydrogens (tertiary/aromatic N) is 2. The summed E-state index contributed by atoms with van der Waals surface area (Å²) >= 11 is 0. The van der Waals surface area contributed by atoms with Gasteiger partial charge in [-0.3, -0.25) is 9.48 Å². The van der Waals surface area contributed by atoms with Crippen LogP contribution in [0, 0.1) is 0 Å². The number of hydrogen-bond donors (Lipinski definition) is 4. The summed E-state index contributed by atoms with van der Waals surface area (Å²) in [4.78, 5) is 33.1. The summed E-state index contributed by atoms with van der Waals surface area (Å²) in [6, 6.07) is -0.0701. The summed E-state index contributed by atoms with van der Waals surface area (Å²) in [5.74, 6) is -1.84. The predicted molar refractivity (Wildman–Crippen MR) is 68.4 cm³/mol. The number of amides is 3. The molecular weight excluding hydrogens is 266 g/mol. The van der Waals surface area contributed by atoms with Gasteiger partial charge < -0.3 is 21.5 Å². The number of primary amides is 1. The van der Waals surface area contributed by atoms with Gasteiger partial charge in [-0.25, -0.2) is 9.59 Å². The van der Waals surface area contributed by atoms with Gasteiger partial charge in [0, 0.05) is 19.7 Å². The van der Waals surface area contributed by atoms with Crippen molar-refractivity contribution < 1.29 is 19.5 Å². The number of rotatable bonds is 7. The molecule has 1 atom stereocenters. The van der Waals surface area contributed by atoms with E-state index in [4.69, 9.17) is 10.8 Å². The molecule has 0 bridgehead atoms. The van der Waals surface area contributed by atoms with Crippen molar-refractivity contribution in [3.8, 4) is 0 Å². The molecule has 1 heterocycles. The van der Waals surface area contributed by atoms with E-state index in [0.717, 1.165) is 5.69 Å². The molecule has 1 rings (SSSR count). The van der Waals surface area contributed by atoms with Crippen molar-refractivity contribution in [3.05, 3.63) is 18.0 Å². The zero-order chi connectivity index (χ0) is 15.1. The molecule has 0 aliphatic carbocycles. The SMILES string of the molecule is Cn1nccc1CNC(=O)N[C@H](CCC(N)=O)C(=O)O. The first-order valence-electron chi connectivity index (χ1n) is 5.92. The molecule has 0 radical (unpaired) electrons. The molecule has 0 aliphatic rings. The monoisotopic (exact) mass is 283 g/mol. The second kappa shape index (κ2) is 7.12. The van der Waals surface area contributed by atoms with Crippen LogP contribution < -0.4 is 16.4 Å². The molecule has 3 amide bonds. The molecular formula is C11H17N5O4. The number of aryl methyl sites for hydroxylation is 1. The Morgan fingerprint density at radius 3 is 2.70 bits per heavy atom. The van der Waals surface area contributed by atoms with Crippen LogP contribution in [0.15, 0.2) is 12.3 Å². The van der Waals surface area contributed by atoms with Crippen LogP contribution in [0.5, 0.6) is 0 Å². The second-order valence-corrected chi connectivity index (χ2v) is 4.17. The average molecular weight is 283 g/mol. The zero-order valence-corrected chi connectivity index (χ0v) is 11.0. The highest BCUT2D eigenvalue weighted by Crippen LogP contribution is 1.98. The molecule has 0 aliphatic heterocycles. The predicted octanol–water partition coefficient (Wildman–Crippen LogP) is -1.06. The average Bonchev–Trinajstić information content (AvgIpc) is 2.77. The Bertz CT molecular complexity index is 499. The van der Waals surface area contributed by atoms with E-state index in [1.807, 2.05) is 0 Å². The van der Waals surface area contributed by atoms with Crippen molar-refractivity contribution in [2.75, 3.05) is 0 Å². The number of carboxylic acids is 1. The fourth-order valence-electron chi connectivity index (χ4n) is 1.50. The molecule has 0 saturated heterocycles. The second-order valence-electron chi connectivity index (χ2n) is 4.17. The first-order valence-corrected chi connectivity index (χ1v) is 5.92. The first kappa shape index (κ1) is 15.5. The number of aliphatic carboxylic acids is 1. The minimum Gasteiger partial charge on any atom is -0.480 e. The summed E-state index contributed by atoms with van der Waals surface area (Å²) in [5.41, 5.74) is 5.71. The summed E-state index contributed by atoms with van der Waals surface area (Å²) in [7, 11) is 1.72. The minimum atomic E-state index is -1.22. The summed E-state index contributed by atoms with van der Waals surface area (Å²) in [6.45, 7) is 0.213. The Morgan fingerprint density at radius 2 is 2.20 bits per heavy atom. The van der Waals surface area contributed by atoms with Crippen molar-refractivity contribution in [2.24, 2.45) is 12.8 Å². The largest absolute Gasteiger partial charge is 0.480 e. The Hall–Kier alpha value is -2.58. The third-order valence-electron chi connectivity index (χ3n) is 2.64. The van der Waals surface area contributed by atoms with Crippen LogP contribution in [0.3, 0.4) is 0 Å². The Morgan fingerprint density at radius 1 is 1.50 bits per heavy atom. The third kappa shape index (κ3) is 4.96. The molecule has 1 aromatic heterocycles. The summed E-state index contributed by atoms with van der Waals surface area (Å²) in [5, 5.41) is 17.6. The van der Waals surface area contributed by atoms with Gasteiger partial charge in [0.05, 0.1) is 12.2 Å². The standard InChI is InChI=1S/C11H17N5O4/c1-16-7(4-5-14-16)6-13-11(20)15-8(10(18)19)2-3-9(12)17/h4-5,8H,2-3,6H2,1H3,(H2,12,17)(H,18,19)(H2,13,15,20)/t8-/m1/s1. The van der Waals surface area contributed by atoms with Crippen molar-refractivity contribution >= 4 is 17.9 Å². The number of nitrogens with two attached hydrogens (primary N) is 1. The lowest BCUT2D eigenvalue weighted by atomic mass is 10.1. The van der Waals surface area contributed by atoms with Crippen LogP contribution in [0.4, 0.5) is 4.79 Å². The van der Waals surface area contributed by atoms with Gasteiger partial charge in [0.15, 0.2) is 0 Å². The van der Waals surface area contributed by atoms with E-state index in [2.05, 4.69) is 15.7 Å². The van der Waals surface area contributed by atoms with Gasteiger partial charge in [-0.05, 0) is 12.5 Å². The van der Waals surface area contributed by atoms with E-state index < -0.39 is 23.9 Å². The number of carbonyl (C=O) groups excluding carboxylic acids is 2. The van der Waals surface area contributed by atoms with E-state index in [-0.39, 0.29) is 19.4 Å². The quantitative estimate of drug-likeness (QED) is 0.505. The molecule has 0 aromatic carbocycles. The van der Waals surface area contributed by atoms with Crippen molar-refractivity contribution in [1.82, 2.24) is 20.4 Å². The van der Waals surface area contributed by atoms with Crippen molar-refractivity contribution in [1.29, 1.82) is 0 Å². The van der Waals surface area contributed by atoms with Crippen molar-refractivity contribution in [3.63, 3.8) is 0 Å². The molecule has 0 unspecified atom stereocenters. The molecule has 1 aromatic rings. The highest BCUT2D eigenvalue weighted by Gasteiger charge is 2.20. The maximum absolute atomic E-state index is 11.6. The van der Waals surface area contributed by atoms with Gasteiger partial charge in [0.2, 0.25) is 5.91 Å². The van der Waals surface area contributed by atoms with Crippen LogP contribution >= 0.6 is 0 Å². The van der Waals surface area contributed by atoms with Gasteiger partial charge in [0.25, 0.3) is 0 Å². The maximum Gasteiger partial charge on any atom is 0.326 e. The van der Waals surface area contributed by atoms with Gasteiger partial charge in [-0.2, -0.15) is 5.10 Å². The first-order chi connectivity index (χ1) is 9.40. The highest BCUT2D eigenvalue weighted by molar-refractivity contribution is 5.83. The van der Waals surface area contributed by atoms with Crippen LogP contribution in [0.2, 0.25) is 0 Å². The molecule has 9 heteroatoms. The Labute approximate surface area is 115 Å². The fourth-order valence-corrected chi connectivity index (χ4v) is 1.50. The lowest BCUT2D eigenvalue weighted by molar-refractivity contribution is -0.139. The van der Waals surface area contributed by atoms with E-state index in [1.54, 1.807) is 24.0 Å². The van der Waals surface area contributed by atoms with Gasteiger partial charge in [-0.15, -0.1) is 0 Å². The van der Waals surface area contributed by atoms with E-state index >= 15 is 0 Å². The van der Waals surface area contributed by atoms with E-state index in [1.165, 1.54) is 0 Å². The smallest absolute Gasteiger partial charge is 0.326 e. The molecule has 110 valence electrons.